The first-order chi connectivity index (χ1) is 10.3. The second-order valence-electron chi connectivity index (χ2n) is 4.68. The van der Waals surface area contributed by atoms with Crippen LogP contribution in [0.5, 0.6) is 11.5 Å². The van der Waals surface area contributed by atoms with Crippen LogP contribution in [0.4, 0.5) is 0 Å². The van der Waals surface area contributed by atoms with E-state index in [-0.39, 0.29) is 0 Å². The van der Waals surface area contributed by atoms with Crippen LogP contribution in [0.15, 0.2) is 48.8 Å². The van der Waals surface area contributed by atoms with Gasteiger partial charge in [0.05, 0.1) is 12.8 Å². The number of pyridine rings is 1. The van der Waals surface area contributed by atoms with Crippen LogP contribution in [0, 0.1) is 0 Å². The summed E-state index contributed by atoms with van der Waals surface area (Å²) < 4.78 is 13.1. The number of benzene rings is 1. The molecule has 0 aliphatic rings. The fourth-order valence-corrected chi connectivity index (χ4v) is 2.17. The maximum atomic E-state index is 5.80. The van der Waals surface area contributed by atoms with Crippen LogP contribution in [0.25, 0.3) is 5.65 Å². The van der Waals surface area contributed by atoms with Gasteiger partial charge in [-0.3, -0.25) is 0 Å². The molecule has 0 saturated heterocycles. The summed E-state index contributed by atoms with van der Waals surface area (Å²) >= 11 is 0. The molecule has 2 aromatic heterocycles. The van der Waals surface area contributed by atoms with Gasteiger partial charge in [0.2, 0.25) is 0 Å². The van der Waals surface area contributed by atoms with Crippen molar-refractivity contribution >= 4 is 5.65 Å². The van der Waals surface area contributed by atoms with E-state index in [1.807, 2.05) is 53.2 Å². The summed E-state index contributed by atoms with van der Waals surface area (Å²) in [5, 5.41) is 0. The zero-order chi connectivity index (χ0) is 14.7. The smallest absolute Gasteiger partial charge is 0.161 e. The van der Waals surface area contributed by atoms with Gasteiger partial charge in [0.1, 0.15) is 12.3 Å². The largest absolute Gasteiger partial charge is 0.493 e. The third-order valence-electron chi connectivity index (χ3n) is 3.25. The third-order valence-corrected chi connectivity index (χ3v) is 3.25. The molecule has 2 heterocycles. The number of aromatic nitrogens is 2. The molecule has 5 nitrogen and oxygen atoms in total. The Balaban J connectivity index is 1.77. The molecule has 0 unspecified atom stereocenters. The van der Waals surface area contributed by atoms with E-state index >= 15 is 0 Å². The lowest BCUT2D eigenvalue weighted by Gasteiger charge is -2.10. The Labute approximate surface area is 122 Å². The van der Waals surface area contributed by atoms with Crippen LogP contribution in [0.1, 0.15) is 11.3 Å². The molecule has 3 aromatic rings. The lowest BCUT2D eigenvalue weighted by molar-refractivity contribution is 0.281. The fourth-order valence-electron chi connectivity index (χ4n) is 2.17. The Bertz CT molecular complexity index is 719. The summed E-state index contributed by atoms with van der Waals surface area (Å²) in [6.07, 6.45) is 3.92. The Morgan fingerprint density at radius 1 is 1.19 bits per heavy atom. The van der Waals surface area contributed by atoms with Gasteiger partial charge < -0.3 is 19.6 Å². The van der Waals surface area contributed by atoms with E-state index in [1.165, 1.54) is 0 Å². The van der Waals surface area contributed by atoms with Gasteiger partial charge >= 0.3 is 0 Å². The molecule has 2 N–H and O–H groups in total. The van der Waals surface area contributed by atoms with E-state index in [4.69, 9.17) is 15.2 Å². The lowest BCUT2D eigenvalue weighted by Crippen LogP contribution is -2.00. The number of ether oxygens (including phenoxy) is 2. The van der Waals surface area contributed by atoms with Gasteiger partial charge in [-0.05, 0) is 29.8 Å². The minimum atomic E-state index is 0.389. The molecule has 0 bridgehead atoms. The van der Waals surface area contributed by atoms with Gasteiger partial charge in [-0.25, -0.2) is 4.98 Å². The molecule has 21 heavy (non-hydrogen) atoms. The SMILES string of the molecule is COc1cc(CN)ccc1OCc1cn2ccccc2n1. The summed E-state index contributed by atoms with van der Waals surface area (Å²) in [4.78, 5) is 4.49. The van der Waals surface area contributed by atoms with Crippen molar-refractivity contribution in [2.24, 2.45) is 5.73 Å². The summed E-state index contributed by atoms with van der Waals surface area (Å²) in [6, 6.07) is 11.6. The molecule has 0 atom stereocenters. The summed E-state index contributed by atoms with van der Waals surface area (Å²) in [5.41, 5.74) is 8.40. The first-order valence-electron chi connectivity index (χ1n) is 6.72. The van der Waals surface area contributed by atoms with Crippen LogP contribution >= 0.6 is 0 Å². The van der Waals surface area contributed by atoms with Crippen molar-refractivity contribution in [3.05, 3.63) is 60.0 Å². The van der Waals surface area contributed by atoms with Crippen molar-refractivity contribution in [2.75, 3.05) is 7.11 Å². The maximum Gasteiger partial charge on any atom is 0.161 e. The van der Waals surface area contributed by atoms with Gasteiger partial charge in [0.15, 0.2) is 11.5 Å². The molecule has 3 rings (SSSR count). The van der Waals surface area contributed by atoms with Crippen molar-refractivity contribution in [3.63, 3.8) is 0 Å². The lowest BCUT2D eigenvalue weighted by atomic mass is 10.2. The number of hydrogen-bond acceptors (Lipinski definition) is 4. The number of fused-ring (bicyclic) bond motifs is 1. The van der Waals surface area contributed by atoms with Crippen molar-refractivity contribution in [1.82, 2.24) is 9.38 Å². The first-order valence-corrected chi connectivity index (χ1v) is 6.72. The molecule has 0 spiro atoms. The van der Waals surface area contributed by atoms with Crippen LogP contribution in [0.3, 0.4) is 0 Å². The van der Waals surface area contributed by atoms with E-state index in [0.29, 0.717) is 24.7 Å². The van der Waals surface area contributed by atoms with E-state index in [9.17, 15) is 0 Å². The highest BCUT2D eigenvalue weighted by Crippen LogP contribution is 2.28. The molecule has 0 aliphatic carbocycles. The topological polar surface area (TPSA) is 61.8 Å². The highest BCUT2D eigenvalue weighted by atomic mass is 16.5. The Morgan fingerprint density at radius 2 is 2.10 bits per heavy atom. The van der Waals surface area contributed by atoms with Gasteiger partial charge in [0, 0.05) is 18.9 Å². The predicted octanol–water partition coefficient (Wildman–Crippen LogP) is 2.38. The molecule has 108 valence electrons. The molecule has 0 radical (unpaired) electrons. The molecule has 0 aliphatic heterocycles. The number of nitrogens with zero attached hydrogens (tertiary/aromatic N) is 2. The third kappa shape index (κ3) is 2.83. The normalized spacial score (nSPS) is 10.8. The van der Waals surface area contributed by atoms with Crippen molar-refractivity contribution < 1.29 is 9.47 Å². The van der Waals surface area contributed by atoms with Crippen molar-refractivity contribution in [3.8, 4) is 11.5 Å². The second-order valence-corrected chi connectivity index (χ2v) is 4.68. The van der Waals surface area contributed by atoms with Crippen LogP contribution in [-0.4, -0.2) is 16.5 Å². The van der Waals surface area contributed by atoms with E-state index in [1.54, 1.807) is 7.11 Å². The molecule has 0 saturated carbocycles. The van der Waals surface area contributed by atoms with Gasteiger partial charge in [-0.1, -0.05) is 12.1 Å². The van der Waals surface area contributed by atoms with Gasteiger partial charge in [0.25, 0.3) is 0 Å². The number of imidazole rings is 1. The zero-order valence-corrected chi connectivity index (χ0v) is 11.8. The van der Waals surface area contributed by atoms with Crippen molar-refractivity contribution in [2.45, 2.75) is 13.2 Å². The number of hydrogen-bond donors (Lipinski definition) is 1. The zero-order valence-electron chi connectivity index (χ0n) is 11.8. The van der Waals surface area contributed by atoms with Crippen LogP contribution in [0.2, 0.25) is 0 Å². The van der Waals surface area contributed by atoms with E-state index in [2.05, 4.69) is 4.98 Å². The Hall–Kier alpha value is -2.53. The molecule has 5 heteroatoms. The highest BCUT2D eigenvalue weighted by molar-refractivity contribution is 5.43. The second kappa shape index (κ2) is 5.85. The van der Waals surface area contributed by atoms with Gasteiger partial charge in [-0.15, -0.1) is 0 Å². The molecule has 1 aromatic carbocycles. The standard InChI is InChI=1S/C16H17N3O2/c1-20-15-8-12(9-17)5-6-14(15)21-11-13-10-19-7-3-2-4-16(19)18-13/h2-8,10H,9,11,17H2,1H3. The number of methoxy groups -OCH3 is 1. The Morgan fingerprint density at radius 3 is 2.86 bits per heavy atom. The average molecular weight is 283 g/mol. The molecular weight excluding hydrogens is 266 g/mol. The predicted molar refractivity (Wildman–Crippen MR) is 80.4 cm³/mol. The summed E-state index contributed by atoms with van der Waals surface area (Å²) in [6.45, 7) is 0.864. The molecule has 0 fully saturated rings. The highest BCUT2D eigenvalue weighted by Gasteiger charge is 2.07. The number of rotatable bonds is 5. The Kier molecular flexibility index (Phi) is 3.75. The summed E-state index contributed by atoms with van der Waals surface area (Å²) in [5.74, 6) is 1.37. The summed E-state index contributed by atoms with van der Waals surface area (Å²) in [7, 11) is 1.62. The van der Waals surface area contributed by atoms with Crippen LogP contribution < -0.4 is 15.2 Å². The van der Waals surface area contributed by atoms with Crippen LogP contribution in [-0.2, 0) is 13.2 Å². The minimum Gasteiger partial charge on any atom is -0.493 e. The fraction of sp³-hybridized carbons (Fsp3) is 0.188. The minimum absolute atomic E-state index is 0.389. The monoisotopic (exact) mass is 283 g/mol. The quantitative estimate of drug-likeness (QED) is 0.781. The van der Waals surface area contributed by atoms with Gasteiger partial charge in [-0.2, -0.15) is 0 Å². The van der Waals surface area contributed by atoms with E-state index in [0.717, 1.165) is 16.9 Å². The molecular formula is C16H17N3O2. The van der Waals surface area contributed by atoms with E-state index < -0.39 is 0 Å². The first kappa shape index (κ1) is 13.5. The van der Waals surface area contributed by atoms with Crippen molar-refractivity contribution in [1.29, 1.82) is 0 Å². The number of nitrogens with two attached hydrogens (primary N) is 1. The molecule has 0 amide bonds. The maximum absolute atomic E-state index is 5.80. The average Bonchev–Trinajstić information content (AvgIpc) is 2.95.